The van der Waals surface area contributed by atoms with E-state index in [9.17, 15) is 0 Å². The number of furan rings is 1. The van der Waals surface area contributed by atoms with Crippen LogP contribution >= 0.6 is 11.6 Å². The number of hydrogen-bond acceptors (Lipinski definition) is 2. The van der Waals surface area contributed by atoms with E-state index in [-0.39, 0.29) is 6.04 Å². The molecule has 1 unspecified atom stereocenters. The average Bonchev–Trinajstić information content (AvgIpc) is 2.85. The molecule has 0 bridgehead atoms. The maximum absolute atomic E-state index is 5.94. The normalized spacial score (nSPS) is 12.6. The van der Waals surface area contributed by atoms with Crippen molar-refractivity contribution >= 4 is 11.6 Å². The molecule has 0 amide bonds. The fraction of sp³-hybridized carbons (Fsp3) is 0.333. The van der Waals surface area contributed by atoms with E-state index >= 15 is 0 Å². The Labute approximate surface area is 113 Å². The molecule has 0 saturated heterocycles. The van der Waals surface area contributed by atoms with Crippen molar-refractivity contribution < 1.29 is 4.42 Å². The number of hydrogen-bond donors (Lipinski definition) is 1. The minimum absolute atomic E-state index is 0.168. The number of nitrogens with one attached hydrogen (secondary N) is 1. The quantitative estimate of drug-likeness (QED) is 0.875. The Hall–Kier alpha value is -1.25. The van der Waals surface area contributed by atoms with Gasteiger partial charge in [-0.3, -0.25) is 0 Å². The molecule has 0 spiro atoms. The fourth-order valence-electron chi connectivity index (χ4n) is 2.16. The maximum Gasteiger partial charge on any atom is 0.108 e. The molecular weight excluding hydrogens is 246 g/mol. The van der Waals surface area contributed by atoms with Crippen LogP contribution in [0.3, 0.4) is 0 Å². The Kier molecular flexibility index (Phi) is 4.45. The van der Waals surface area contributed by atoms with E-state index in [0.717, 1.165) is 23.7 Å². The van der Waals surface area contributed by atoms with E-state index < -0.39 is 0 Å². The highest BCUT2D eigenvalue weighted by Crippen LogP contribution is 2.27. The van der Waals surface area contributed by atoms with Gasteiger partial charge in [-0.2, -0.15) is 0 Å². The first-order valence-corrected chi connectivity index (χ1v) is 6.69. The smallest absolute Gasteiger partial charge is 0.108 e. The summed E-state index contributed by atoms with van der Waals surface area (Å²) in [5, 5.41) is 4.25. The Balaban J connectivity index is 2.36. The highest BCUT2D eigenvalue weighted by molar-refractivity contribution is 6.30. The summed E-state index contributed by atoms with van der Waals surface area (Å²) < 4.78 is 5.52. The molecule has 2 rings (SSSR count). The van der Waals surface area contributed by atoms with Gasteiger partial charge < -0.3 is 9.73 Å². The molecule has 2 aromatic rings. The fourth-order valence-corrected chi connectivity index (χ4v) is 2.29. The van der Waals surface area contributed by atoms with Gasteiger partial charge in [-0.25, -0.2) is 0 Å². The second kappa shape index (κ2) is 6.07. The minimum atomic E-state index is 0.168. The van der Waals surface area contributed by atoms with Crippen LogP contribution in [0.5, 0.6) is 0 Å². The standard InChI is InChI=1S/C15H18ClNO/c1-3-14-13(9-10-18-14)15(17-4-2)11-5-7-12(16)8-6-11/h5-10,15,17H,3-4H2,1-2H3. The third kappa shape index (κ3) is 2.77. The summed E-state index contributed by atoms with van der Waals surface area (Å²) in [7, 11) is 0. The van der Waals surface area contributed by atoms with Gasteiger partial charge >= 0.3 is 0 Å². The summed E-state index contributed by atoms with van der Waals surface area (Å²) in [6.45, 7) is 5.11. The van der Waals surface area contributed by atoms with E-state index in [1.807, 2.05) is 18.2 Å². The first-order valence-electron chi connectivity index (χ1n) is 6.31. The van der Waals surface area contributed by atoms with E-state index in [2.05, 4.69) is 31.3 Å². The molecule has 96 valence electrons. The van der Waals surface area contributed by atoms with Crippen molar-refractivity contribution in [2.24, 2.45) is 0 Å². The lowest BCUT2D eigenvalue weighted by Gasteiger charge is -2.18. The first kappa shape index (κ1) is 13.2. The molecule has 3 heteroatoms. The van der Waals surface area contributed by atoms with Gasteiger partial charge in [-0.05, 0) is 30.3 Å². The van der Waals surface area contributed by atoms with Crippen LogP contribution in [0, 0.1) is 0 Å². The molecule has 0 saturated carbocycles. The summed E-state index contributed by atoms with van der Waals surface area (Å²) in [5.41, 5.74) is 2.42. The van der Waals surface area contributed by atoms with Crippen molar-refractivity contribution in [2.45, 2.75) is 26.3 Å². The largest absolute Gasteiger partial charge is 0.469 e. The highest BCUT2D eigenvalue weighted by Gasteiger charge is 2.17. The van der Waals surface area contributed by atoms with Crippen molar-refractivity contribution in [3.8, 4) is 0 Å². The molecule has 1 aromatic heterocycles. The summed E-state index contributed by atoms with van der Waals surface area (Å²) in [5.74, 6) is 1.04. The van der Waals surface area contributed by atoms with Crippen LogP contribution in [0.4, 0.5) is 0 Å². The Bertz CT molecular complexity index is 489. The van der Waals surface area contributed by atoms with Gasteiger partial charge in [-0.15, -0.1) is 0 Å². The highest BCUT2D eigenvalue weighted by atomic mass is 35.5. The lowest BCUT2D eigenvalue weighted by atomic mass is 9.98. The molecular formula is C15H18ClNO. The first-order chi connectivity index (χ1) is 8.76. The molecule has 0 aliphatic carbocycles. The number of rotatable bonds is 5. The maximum atomic E-state index is 5.94. The second-order valence-corrected chi connectivity index (χ2v) is 4.63. The monoisotopic (exact) mass is 263 g/mol. The Morgan fingerprint density at radius 2 is 1.89 bits per heavy atom. The third-order valence-corrected chi connectivity index (χ3v) is 3.28. The summed E-state index contributed by atoms with van der Waals surface area (Å²) in [4.78, 5) is 0. The molecule has 0 fully saturated rings. The number of aryl methyl sites for hydroxylation is 1. The van der Waals surface area contributed by atoms with Crippen molar-refractivity contribution in [3.05, 3.63) is 58.5 Å². The van der Waals surface area contributed by atoms with Crippen LogP contribution < -0.4 is 5.32 Å². The van der Waals surface area contributed by atoms with Gasteiger partial charge in [0.25, 0.3) is 0 Å². The van der Waals surface area contributed by atoms with Crippen molar-refractivity contribution in [3.63, 3.8) is 0 Å². The summed E-state index contributed by atoms with van der Waals surface area (Å²) in [6, 6.07) is 10.2. The van der Waals surface area contributed by atoms with Gasteiger partial charge in [0.1, 0.15) is 5.76 Å². The molecule has 1 N–H and O–H groups in total. The molecule has 0 radical (unpaired) electrons. The predicted molar refractivity (Wildman–Crippen MR) is 75.1 cm³/mol. The molecule has 0 aliphatic rings. The van der Waals surface area contributed by atoms with Gasteiger partial charge in [0, 0.05) is 17.0 Å². The van der Waals surface area contributed by atoms with Gasteiger partial charge in [0.05, 0.1) is 12.3 Å². The van der Waals surface area contributed by atoms with E-state index in [1.165, 1.54) is 11.1 Å². The van der Waals surface area contributed by atoms with Crippen molar-refractivity contribution in [1.29, 1.82) is 0 Å². The lowest BCUT2D eigenvalue weighted by Crippen LogP contribution is -2.22. The zero-order valence-electron chi connectivity index (χ0n) is 10.7. The Morgan fingerprint density at radius 1 is 1.17 bits per heavy atom. The van der Waals surface area contributed by atoms with Gasteiger partial charge in [0.2, 0.25) is 0 Å². The predicted octanol–water partition coefficient (Wildman–Crippen LogP) is 4.19. The van der Waals surface area contributed by atoms with Crippen LogP contribution in [0.1, 0.15) is 36.8 Å². The zero-order chi connectivity index (χ0) is 13.0. The van der Waals surface area contributed by atoms with E-state index in [4.69, 9.17) is 16.0 Å². The Morgan fingerprint density at radius 3 is 2.50 bits per heavy atom. The van der Waals surface area contributed by atoms with Gasteiger partial charge in [0.15, 0.2) is 0 Å². The van der Waals surface area contributed by atoms with Crippen molar-refractivity contribution in [2.75, 3.05) is 6.54 Å². The molecule has 1 heterocycles. The SMILES string of the molecule is CCNC(c1ccc(Cl)cc1)c1ccoc1CC. The van der Waals surface area contributed by atoms with Crippen LogP contribution in [0.2, 0.25) is 5.02 Å². The third-order valence-electron chi connectivity index (χ3n) is 3.02. The molecule has 18 heavy (non-hydrogen) atoms. The molecule has 2 nitrogen and oxygen atoms in total. The minimum Gasteiger partial charge on any atom is -0.469 e. The van der Waals surface area contributed by atoms with Crippen LogP contribution in [-0.2, 0) is 6.42 Å². The number of halogens is 1. The van der Waals surface area contributed by atoms with Crippen LogP contribution in [0.15, 0.2) is 41.0 Å². The van der Waals surface area contributed by atoms with Gasteiger partial charge in [-0.1, -0.05) is 37.6 Å². The molecule has 1 aromatic carbocycles. The topological polar surface area (TPSA) is 25.2 Å². The summed E-state index contributed by atoms with van der Waals surface area (Å²) in [6.07, 6.45) is 2.66. The number of benzene rings is 1. The van der Waals surface area contributed by atoms with Crippen LogP contribution in [-0.4, -0.2) is 6.54 Å². The summed E-state index contributed by atoms with van der Waals surface area (Å²) >= 11 is 5.94. The second-order valence-electron chi connectivity index (χ2n) is 4.19. The average molecular weight is 264 g/mol. The molecule has 1 atom stereocenters. The lowest BCUT2D eigenvalue weighted by molar-refractivity contribution is 0.502. The van der Waals surface area contributed by atoms with E-state index in [0.29, 0.717) is 0 Å². The van der Waals surface area contributed by atoms with Crippen molar-refractivity contribution in [1.82, 2.24) is 5.32 Å². The van der Waals surface area contributed by atoms with E-state index in [1.54, 1.807) is 6.26 Å². The van der Waals surface area contributed by atoms with Crippen LogP contribution in [0.25, 0.3) is 0 Å². The zero-order valence-corrected chi connectivity index (χ0v) is 11.5. The molecule has 0 aliphatic heterocycles.